The van der Waals surface area contributed by atoms with Crippen molar-refractivity contribution in [2.75, 3.05) is 31.0 Å². The van der Waals surface area contributed by atoms with Gasteiger partial charge in [0.1, 0.15) is 17.7 Å². The zero-order chi connectivity index (χ0) is 29.7. The Kier molecular flexibility index (Phi) is 9.01. The van der Waals surface area contributed by atoms with Crippen molar-refractivity contribution in [3.05, 3.63) is 71.8 Å². The number of nitrogens with one attached hydrogen (secondary N) is 2. The van der Waals surface area contributed by atoms with Gasteiger partial charge in [-0.1, -0.05) is 24.3 Å². The first-order valence-electron chi connectivity index (χ1n) is 13.4. The van der Waals surface area contributed by atoms with Crippen LogP contribution in [0.5, 0.6) is 5.75 Å². The van der Waals surface area contributed by atoms with E-state index >= 15 is 0 Å². The van der Waals surface area contributed by atoms with Gasteiger partial charge >= 0.3 is 16.3 Å². The van der Waals surface area contributed by atoms with Gasteiger partial charge in [-0.25, -0.2) is 9.10 Å². The third-order valence-electron chi connectivity index (χ3n) is 7.04. The van der Waals surface area contributed by atoms with Gasteiger partial charge in [0.25, 0.3) is 0 Å². The molecule has 0 aliphatic carbocycles. The van der Waals surface area contributed by atoms with E-state index in [1.807, 2.05) is 29.2 Å². The number of nitrogens with zero attached hydrogens (tertiary/aromatic N) is 3. The Hall–Kier alpha value is -4.32. The molecule has 3 aromatic rings. The van der Waals surface area contributed by atoms with Gasteiger partial charge in [0.05, 0.1) is 24.7 Å². The Bertz CT molecular complexity index is 1540. The van der Waals surface area contributed by atoms with Crippen molar-refractivity contribution in [2.45, 2.75) is 39.3 Å². The number of ether oxygens (including phenoxy) is 2. The number of likely N-dealkylation sites (tertiary alicyclic amines) is 1. The van der Waals surface area contributed by atoms with Gasteiger partial charge in [0, 0.05) is 38.5 Å². The molecule has 1 aliphatic heterocycles. The number of anilines is 1. The van der Waals surface area contributed by atoms with Crippen molar-refractivity contribution in [1.82, 2.24) is 9.21 Å². The second-order valence-corrected chi connectivity index (χ2v) is 11.8. The number of carbonyl (C=O) groups excluding carboxylic acids is 1. The first kappa shape index (κ1) is 29.7. The van der Waals surface area contributed by atoms with Crippen molar-refractivity contribution in [3.63, 3.8) is 0 Å². The second-order valence-electron chi connectivity index (χ2n) is 9.87. The number of piperidine rings is 1. The molecule has 1 amide bonds. The number of amides is 1. The van der Waals surface area contributed by atoms with E-state index in [9.17, 15) is 13.2 Å². The molecule has 4 N–H and O–H groups in total. The minimum absolute atomic E-state index is 0.00345. The van der Waals surface area contributed by atoms with Gasteiger partial charge in [-0.15, -0.1) is 0 Å². The van der Waals surface area contributed by atoms with Crippen LogP contribution in [0, 0.1) is 10.8 Å². The van der Waals surface area contributed by atoms with E-state index in [2.05, 4.69) is 0 Å². The molecule has 0 aromatic heterocycles. The van der Waals surface area contributed by atoms with Gasteiger partial charge in [0.15, 0.2) is 0 Å². The van der Waals surface area contributed by atoms with Crippen molar-refractivity contribution in [2.24, 2.45) is 5.73 Å². The van der Waals surface area contributed by atoms with Crippen LogP contribution >= 0.6 is 0 Å². The summed E-state index contributed by atoms with van der Waals surface area (Å²) in [6.45, 7) is 4.86. The largest absolute Gasteiger partial charge is 0.490 e. The normalized spacial score (nSPS) is 14.0. The van der Waals surface area contributed by atoms with Crippen LogP contribution in [-0.2, 0) is 21.5 Å². The number of rotatable bonds is 9. The lowest BCUT2D eigenvalue weighted by molar-refractivity contribution is 0.130. The molecular formula is C29H36N6O5S. The summed E-state index contributed by atoms with van der Waals surface area (Å²) in [6.07, 6.45) is 0.601. The molecule has 1 fully saturated rings. The number of benzene rings is 3. The minimum atomic E-state index is -4.33. The van der Waals surface area contributed by atoms with Crippen LogP contribution in [0.15, 0.2) is 60.7 Å². The van der Waals surface area contributed by atoms with Crippen LogP contribution in [0.4, 0.5) is 10.5 Å². The highest BCUT2D eigenvalue weighted by atomic mass is 32.2. The van der Waals surface area contributed by atoms with E-state index in [0.29, 0.717) is 32.7 Å². The molecule has 1 heterocycles. The fraction of sp³-hybridized carbons (Fsp3) is 0.345. The van der Waals surface area contributed by atoms with Crippen molar-refractivity contribution in [3.8, 4) is 5.75 Å². The number of carbonyl (C=O) groups is 1. The molecule has 0 radical (unpaired) electrons. The number of hydrogen-bond donors (Lipinski definition) is 3. The van der Waals surface area contributed by atoms with E-state index in [1.54, 1.807) is 50.2 Å². The van der Waals surface area contributed by atoms with Gasteiger partial charge < -0.3 is 20.1 Å². The molecule has 1 saturated heterocycles. The van der Waals surface area contributed by atoms with Crippen LogP contribution in [0.25, 0.3) is 10.8 Å². The van der Waals surface area contributed by atoms with E-state index in [-0.39, 0.29) is 25.1 Å². The van der Waals surface area contributed by atoms with Crippen molar-refractivity contribution < 1.29 is 22.7 Å². The predicted molar refractivity (Wildman–Crippen MR) is 160 cm³/mol. The number of amidine groups is 2. The number of hydrogen-bond acceptors (Lipinski definition) is 7. The molecular weight excluding hydrogens is 544 g/mol. The lowest BCUT2D eigenvalue weighted by Crippen LogP contribution is -2.44. The lowest BCUT2D eigenvalue weighted by atomic mass is 10.0. The van der Waals surface area contributed by atoms with Crippen molar-refractivity contribution in [1.29, 1.82) is 10.8 Å². The lowest BCUT2D eigenvalue weighted by Gasteiger charge is -2.33. The molecule has 3 aromatic carbocycles. The molecule has 0 spiro atoms. The molecule has 1 aliphatic rings. The molecule has 41 heavy (non-hydrogen) atoms. The summed E-state index contributed by atoms with van der Waals surface area (Å²) in [7, 11) is -3.17. The Morgan fingerprint density at radius 1 is 1.02 bits per heavy atom. The van der Waals surface area contributed by atoms with Gasteiger partial charge in [-0.2, -0.15) is 12.7 Å². The standard InChI is InChI=1S/C29H36N6O5S/c1-4-39-29(36)33(3)41(37,38)35(19-21-5-6-22-7-8-23(28(31)32)18-24(22)17-21)25-9-11-26(12-10-25)40-27-13-15-34(16-14-27)20(2)30/h5-12,17-18,27,30H,4,13-16,19H2,1-3H3,(H3,31,32). The fourth-order valence-corrected chi connectivity index (χ4v) is 5.92. The van der Waals surface area contributed by atoms with Crippen LogP contribution in [0.1, 0.15) is 37.8 Å². The highest BCUT2D eigenvalue weighted by Gasteiger charge is 2.32. The van der Waals surface area contributed by atoms with Crippen LogP contribution in [-0.4, -0.2) is 68.2 Å². The van der Waals surface area contributed by atoms with Gasteiger partial charge in [0.2, 0.25) is 0 Å². The maximum atomic E-state index is 13.7. The summed E-state index contributed by atoms with van der Waals surface area (Å²) in [6, 6.07) is 17.7. The summed E-state index contributed by atoms with van der Waals surface area (Å²) in [5, 5.41) is 17.3. The predicted octanol–water partition coefficient (Wildman–Crippen LogP) is 4.30. The average molecular weight is 581 g/mol. The maximum absolute atomic E-state index is 13.7. The summed E-state index contributed by atoms with van der Waals surface area (Å²) in [4.78, 5) is 14.4. The smallest absolute Gasteiger partial charge is 0.424 e. The van der Waals surface area contributed by atoms with E-state index in [0.717, 1.165) is 41.0 Å². The number of nitrogen functional groups attached to an aromatic ring is 1. The Labute approximate surface area is 240 Å². The van der Waals surface area contributed by atoms with Crippen molar-refractivity contribution >= 4 is 44.4 Å². The first-order chi connectivity index (χ1) is 19.5. The first-order valence-corrected chi connectivity index (χ1v) is 14.8. The van der Waals surface area contributed by atoms with Crippen LogP contribution in [0.2, 0.25) is 0 Å². The highest BCUT2D eigenvalue weighted by molar-refractivity contribution is 7.91. The number of fused-ring (bicyclic) bond motifs is 1. The average Bonchev–Trinajstić information content (AvgIpc) is 2.96. The topological polar surface area (TPSA) is 153 Å². The summed E-state index contributed by atoms with van der Waals surface area (Å²) >= 11 is 0. The Morgan fingerprint density at radius 2 is 1.68 bits per heavy atom. The minimum Gasteiger partial charge on any atom is -0.490 e. The molecule has 4 rings (SSSR count). The van der Waals surface area contributed by atoms with Gasteiger partial charge in [-0.05, 0) is 66.6 Å². The molecule has 11 nitrogen and oxygen atoms in total. The van der Waals surface area contributed by atoms with Gasteiger partial charge in [-0.3, -0.25) is 10.8 Å². The maximum Gasteiger partial charge on any atom is 0.424 e. The number of nitrogens with two attached hydrogens (primary N) is 1. The molecule has 0 unspecified atom stereocenters. The SMILES string of the molecule is CCOC(=O)N(C)S(=O)(=O)N(Cc1ccc2ccc(C(=N)N)cc2c1)c1ccc(OC2CCN(C(C)=N)CC2)cc1. The summed E-state index contributed by atoms with van der Waals surface area (Å²) in [5.74, 6) is 1.10. The zero-order valence-corrected chi connectivity index (χ0v) is 24.3. The monoisotopic (exact) mass is 580 g/mol. The van der Waals surface area contributed by atoms with E-state index in [4.69, 9.17) is 26.0 Å². The Morgan fingerprint density at radius 3 is 2.29 bits per heavy atom. The summed E-state index contributed by atoms with van der Waals surface area (Å²) < 4.78 is 40.2. The fourth-order valence-electron chi connectivity index (χ4n) is 4.68. The second kappa shape index (κ2) is 12.5. The Balaban J connectivity index is 1.62. The quantitative estimate of drug-likeness (QED) is 0.252. The van der Waals surface area contributed by atoms with E-state index in [1.165, 1.54) is 7.05 Å². The molecule has 0 atom stereocenters. The molecule has 0 saturated carbocycles. The third-order valence-corrected chi connectivity index (χ3v) is 8.77. The van der Waals surface area contributed by atoms with Crippen LogP contribution in [0.3, 0.4) is 0 Å². The van der Waals surface area contributed by atoms with Crippen LogP contribution < -0.4 is 14.8 Å². The molecule has 218 valence electrons. The molecule has 12 heteroatoms. The molecule has 0 bridgehead atoms. The highest BCUT2D eigenvalue weighted by Crippen LogP contribution is 2.28. The third kappa shape index (κ3) is 6.88. The summed E-state index contributed by atoms with van der Waals surface area (Å²) in [5.41, 5.74) is 7.24. The zero-order valence-electron chi connectivity index (χ0n) is 23.5. The van der Waals surface area contributed by atoms with E-state index < -0.39 is 16.3 Å².